The summed E-state index contributed by atoms with van der Waals surface area (Å²) in [5.74, 6) is 0.379. The van der Waals surface area contributed by atoms with Crippen LogP contribution in [-0.4, -0.2) is 15.6 Å². The molecule has 3 nitrogen and oxygen atoms in total. The molecule has 1 aromatic carbocycles. The Kier molecular flexibility index (Phi) is 4.61. The topological polar surface area (TPSA) is 34.9 Å². The van der Waals surface area contributed by atoms with Crippen LogP contribution >= 0.6 is 11.6 Å². The van der Waals surface area contributed by atoms with Crippen molar-refractivity contribution in [3.63, 3.8) is 0 Å². The maximum atomic E-state index is 12.6. The van der Waals surface area contributed by atoms with Crippen LogP contribution in [0.2, 0.25) is 5.02 Å². The van der Waals surface area contributed by atoms with Gasteiger partial charge in [-0.25, -0.2) is 0 Å². The monoisotopic (exact) mass is 290 g/mol. The fourth-order valence-corrected chi connectivity index (χ4v) is 2.35. The Morgan fingerprint density at radius 1 is 1.30 bits per heavy atom. The molecule has 0 fully saturated rings. The lowest BCUT2D eigenvalue weighted by Crippen LogP contribution is -2.12. The van der Waals surface area contributed by atoms with Gasteiger partial charge in [-0.05, 0) is 17.9 Å². The van der Waals surface area contributed by atoms with Crippen molar-refractivity contribution in [2.24, 2.45) is 0 Å². The third-order valence-electron chi connectivity index (χ3n) is 3.28. The van der Waals surface area contributed by atoms with Crippen molar-refractivity contribution in [3.8, 4) is 0 Å². The summed E-state index contributed by atoms with van der Waals surface area (Å²) in [6.45, 7) is 6.99. The number of ketones is 1. The third-order valence-corrected chi connectivity index (χ3v) is 3.56. The predicted molar refractivity (Wildman–Crippen MR) is 81.5 cm³/mol. The van der Waals surface area contributed by atoms with Gasteiger partial charge in [0.05, 0.1) is 11.2 Å². The first-order chi connectivity index (χ1) is 9.54. The minimum absolute atomic E-state index is 0.0729. The molecule has 1 heterocycles. The molecule has 4 heteroatoms. The summed E-state index contributed by atoms with van der Waals surface area (Å²) in [4.78, 5) is 12.6. The van der Waals surface area contributed by atoms with Crippen LogP contribution in [0.25, 0.3) is 0 Å². The summed E-state index contributed by atoms with van der Waals surface area (Å²) in [5.41, 5.74) is 2.34. The van der Waals surface area contributed by atoms with E-state index in [0.717, 1.165) is 6.42 Å². The van der Waals surface area contributed by atoms with Crippen molar-refractivity contribution in [1.29, 1.82) is 0 Å². The van der Waals surface area contributed by atoms with Crippen LogP contribution in [0, 0.1) is 0 Å². The van der Waals surface area contributed by atoms with E-state index >= 15 is 0 Å². The summed E-state index contributed by atoms with van der Waals surface area (Å²) in [6, 6.07) is 7.70. The lowest BCUT2D eigenvalue weighted by atomic mass is 10.00. The Hall–Kier alpha value is -1.61. The van der Waals surface area contributed by atoms with E-state index in [2.05, 4.69) is 18.9 Å². The number of hydrogen-bond acceptors (Lipinski definition) is 2. The van der Waals surface area contributed by atoms with Crippen molar-refractivity contribution >= 4 is 17.4 Å². The van der Waals surface area contributed by atoms with E-state index in [1.165, 1.54) is 11.8 Å². The first kappa shape index (κ1) is 14.8. The predicted octanol–water partition coefficient (Wildman–Crippen LogP) is 4.30. The number of benzene rings is 1. The van der Waals surface area contributed by atoms with Crippen molar-refractivity contribution in [3.05, 3.63) is 52.3 Å². The van der Waals surface area contributed by atoms with Gasteiger partial charge < -0.3 is 0 Å². The maximum absolute atomic E-state index is 12.6. The van der Waals surface area contributed by atoms with Crippen LogP contribution in [-0.2, 0) is 6.54 Å². The second-order valence-electron chi connectivity index (χ2n) is 5.17. The standard InChI is InChI=1S/C16H19ClN2O/c1-4-9-19-15(14(17)10-18-19)16(20)13-7-5-12(6-8-13)11(2)3/h5-8,10-11H,4,9H2,1-3H3. The molecule has 1 aromatic heterocycles. The first-order valence-electron chi connectivity index (χ1n) is 6.90. The quantitative estimate of drug-likeness (QED) is 0.770. The zero-order valence-corrected chi connectivity index (χ0v) is 12.8. The number of aryl methyl sites for hydroxylation is 1. The molecular formula is C16H19ClN2O. The minimum Gasteiger partial charge on any atom is -0.287 e. The van der Waals surface area contributed by atoms with Gasteiger partial charge in [-0.15, -0.1) is 0 Å². The minimum atomic E-state index is -0.0729. The lowest BCUT2D eigenvalue weighted by Gasteiger charge is -2.08. The number of hydrogen-bond donors (Lipinski definition) is 0. The lowest BCUT2D eigenvalue weighted by molar-refractivity contribution is 0.102. The Balaban J connectivity index is 2.33. The zero-order valence-electron chi connectivity index (χ0n) is 12.1. The number of halogens is 1. The Morgan fingerprint density at radius 3 is 2.50 bits per heavy atom. The molecule has 106 valence electrons. The molecule has 0 radical (unpaired) electrons. The molecule has 0 unspecified atom stereocenters. The fourth-order valence-electron chi connectivity index (χ4n) is 2.13. The molecule has 0 aliphatic carbocycles. The molecule has 0 aliphatic heterocycles. The van der Waals surface area contributed by atoms with Crippen LogP contribution in [0.1, 0.15) is 54.7 Å². The number of rotatable bonds is 5. The van der Waals surface area contributed by atoms with E-state index in [0.29, 0.717) is 28.7 Å². The number of carbonyl (C=O) groups is 1. The van der Waals surface area contributed by atoms with Crippen LogP contribution < -0.4 is 0 Å². The summed E-state index contributed by atoms with van der Waals surface area (Å²) in [7, 11) is 0. The SMILES string of the molecule is CCCn1ncc(Cl)c1C(=O)c1ccc(C(C)C)cc1. The normalized spacial score (nSPS) is 11.1. The molecule has 2 rings (SSSR count). The second kappa shape index (κ2) is 6.23. The average Bonchev–Trinajstić information content (AvgIpc) is 2.79. The van der Waals surface area contributed by atoms with E-state index in [4.69, 9.17) is 11.6 Å². The highest BCUT2D eigenvalue weighted by Crippen LogP contribution is 2.21. The zero-order chi connectivity index (χ0) is 14.7. The summed E-state index contributed by atoms with van der Waals surface area (Å²) >= 11 is 6.10. The largest absolute Gasteiger partial charge is 0.287 e. The molecule has 0 bridgehead atoms. The first-order valence-corrected chi connectivity index (χ1v) is 7.28. The van der Waals surface area contributed by atoms with E-state index < -0.39 is 0 Å². The third kappa shape index (κ3) is 2.93. The number of aromatic nitrogens is 2. The molecule has 0 saturated carbocycles. The van der Waals surface area contributed by atoms with Gasteiger partial charge >= 0.3 is 0 Å². The Morgan fingerprint density at radius 2 is 1.95 bits per heavy atom. The molecule has 0 amide bonds. The van der Waals surface area contributed by atoms with Gasteiger partial charge in [-0.2, -0.15) is 5.10 Å². The van der Waals surface area contributed by atoms with Crippen LogP contribution in [0.3, 0.4) is 0 Å². The smallest absolute Gasteiger partial charge is 0.212 e. The summed E-state index contributed by atoms with van der Waals surface area (Å²) < 4.78 is 1.68. The molecule has 0 spiro atoms. The second-order valence-corrected chi connectivity index (χ2v) is 5.58. The molecule has 0 aliphatic rings. The molecular weight excluding hydrogens is 272 g/mol. The summed E-state index contributed by atoms with van der Waals surface area (Å²) in [6.07, 6.45) is 2.44. The van der Waals surface area contributed by atoms with E-state index in [1.54, 1.807) is 4.68 Å². The van der Waals surface area contributed by atoms with Gasteiger partial charge in [0.25, 0.3) is 0 Å². The fraction of sp³-hybridized carbons (Fsp3) is 0.375. The molecule has 20 heavy (non-hydrogen) atoms. The van der Waals surface area contributed by atoms with Gasteiger partial charge in [0.15, 0.2) is 0 Å². The van der Waals surface area contributed by atoms with Gasteiger partial charge in [0.1, 0.15) is 5.69 Å². The maximum Gasteiger partial charge on any atom is 0.212 e. The van der Waals surface area contributed by atoms with E-state index in [-0.39, 0.29) is 5.78 Å². The van der Waals surface area contributed by atoms with Crippen LogP contribution in [0.5, 0.6) is 0 Å². The van der Waals surface area contributed by atoms with Gasteiger partial charge in [0.2, 0.25) is 5.78 Å². The molecule has 0 saturated heterocycles. The molecule has 0 N–H and O–H groups in total. The van der Waals surface area contributed by atoms with Crippen molar-refractivity contribution in [2.45, 2.75) is 39.7 Å². The van der Waals surface area contributed by atoms with Crippen molar-refractivity contribution < 1.29 is 4.79 Å². The van der Waals surface area contributed by atoms with Gasteiger partial charge in [-0.1, -0.05) is 56.6 Å². The van der Waals surface area contributed by atoms with Crippen LogP contribution in [0.4, 0.5) is 0 Å². The molecule has 0 atom stereocenters. The van der Waals surface area contributed by atoms with Gasteiger partial charge in [-0.3, -0.25) is 9.48 Å². The number of carbonyl (C=O) groups excluding carboxylic acids is 1. The van der Waals surface area contributed by atoms with Gasteiger partial charge in [0, 0.05) is 12.1 Å². The average molecular weight is 291 g/mol. The van der Waals surface area contributed by atoms with Crippen LogP contribution in [0.15, 0.2) is 30.5 Å². The Labute approximate surface area is 124 Å². The van der Waals surface area contributed by atoms with Crippen molar-refractivity contribution in [1.82, 2.24) is 9.78 Å². The highest BCUT2D eigenvalue weighted by atomic mass is 35.5. The van der Waals surface area contributed by atoms with E-state index in [1.807, 2.05) is 31.2 Å². The van der Waals surface area contributed by atoms with E-state index in [9.17, 15) is 4.79 Å². The molecule has 2 aromatic rings. The highest BCUT2D eigenvalue weighted by molar-refractivity contribution is 6.34. The highest BCUT2D eigenvalue weighted by Gasteiger charge is 2.18. The summed E-state index contributed by atoms with van der Waals surface area (Å²) in [5, 5.41) is 4.58. The number of nitrogens with zero attached hydrogens (tertiary/aromatic N) is 2. The van der Waals surface area contributed by atoms with Crippen molar-refractivity contribution in [2.75, 3.05) is 0 Å². The Bertz CT molecular complexity index is 599.